The number of fused-ring (bicyclic) bond motifs is 1. The second kappa shape index (κ2) is 7.04. The van der Waals surface area contributed by atoms with Gasteiger partial charge < -0.3 is 9.72 Å². The van der Waals surface area contributed by atoms with Crippen LogP contribution in [-0.2, 0) is 6.42 Å². The highest BCUT2D eigenvalue weighted by Crippen LogP contribution is 2.34. The molecule has 0 bridgehead atoms. The fraction of sp³-hybridized carbons (Fsp3) is 0.524. The van der Waals surface area contributed by atoms with Gasteiger partial charge in [0, 0.05) is 6.20 Å². The van der Waals surface area contributed by atoms with Gasteiger partial charge in [-0.05, 0) is 44.6 Å². The van der Waals surface area contributed by atoms with Crippen LogP contribution in [0.25, 0.3) is 22.4 Å². The van der Waals surface area contributed by atoms with Crippen LogP contribution < -0.4 is 10.3 Å². The molecule has 2 fully saturated rings. The molecule has 0 unspecified atom stereocenters. The van der Waals surface area contributed by atoms with Crippen LogP contribution >= 0.6 is 0 Å². The van der Waals surface area contributed by atoms with Gasteiger partial charge in [-0.15, -0.1) is 0 Å². The van der Waals surface area contributed by atoms with Crippen molar-refractivity contribution in [3.8, 4) is 17.1 Å². The lowest BCUT2D eigenvalue weighted by molar-refractivity contribution is 0.120. The maximum absolute atomic E-state index is 13.0. The second-order valence-corrected chi connectivity index (χ2v) is 7.84. The maximum atomic E-state index is 13.0. The molecule has 0 amide bonds. The summed E-state index contributed by atoms with van der Waals surface area (Å²) in [6.07, 6.45) is 12.3. The molecule has 0 atom stereocenters. The molecule has 3 heterocycles. The Bertz CT molecular complexity index is 1060. The molecule has 5 rings (SSSR count). The number of hydrogen-bond donors (Lipinski definition) is 1. The van der Waals surface area contributed by atoms with Crippen molar-refractivity contribution in [2.75, 3.05) is 0 Å². The molecule has 0 aliphatic heterocycles. The summed E-state index contributed by atoms with van der Waals surface area (Å²) in [4.78, 5) is 25.0. The van der Waals surface area contributed by atoms with Crippen LogP contribution in [-0.4, -0.2) is 30.8 Å². The van der Waals surface area contributed by atoms with E-state index in [-0.39, 0.29) is 11.7 Å². The molecule has 3 aromatic rings. The first-order chi connectivity index (χ1) is 13.7. The fourth-order valence-electron chi connectivity index (χ4n) is 4.23. The van der Waals surface area contributed by atoms with Gasteiger partial charge in [-0.1, -0.05) is 19.8 Å². The molecule has 1 N–H and O–H groups in total. The van der Waals surface area contributed by atoms with Crippen molar-refractivity contribution in [3.05, 3.63) is 34.5 Å². The number of aromatic amines is 1. The van der Waals surface area contributed by atoms with Gasteiger partial charge in [0.1, 0.15) is 17.0 Å². The fourth-order valence-corrected chi connectivity index (χ4v) is 4.23. The molecule has 0 spiro atoms. The van der Waals surface area contributed by atoms with E-state index in [9.17, 15) is 4.79 Å². The highest BCUT2D eigenvalue weighted by Gasteiger charge is 2.25. The molecule has 0 aromatic carbocycles. The average molecular weight is 379 g/mol. The van der Waals surface area contributed by atoms with Crippen LogP contribution in [0.3, 0.4) is 0 Å². The quantitative estimate of drug-likeness (QED) is 0.729. The topological polar surface area (TPSA) is 85.7 Å². The lowest BCUT2D eigenvalue weighted by Gasteiger charge is -2.27. The highest BCUT2D eigenvalue weighted by molar-refractivity contribution is 5.80. The summed E-state index contributed by atoms with van der Waals surface area (Å²) in [5.74, 6) is 1.20. The van der Waals surface area contributed by atoms with Crippen molar-refractivity contribution in [1.82, 2.24) is 24.7 Å². The molecule has 146 valence electrons. The Kier molecular flexibility index (Phi) is 4.37. The Morgan fingerprint density at radius 1 is 1.21 bits per heavy atom. The summed E-state index contributed by atoms with van der Waals surface area (Å²) in [6, 6.07) is 2.18. The Labute approximate surface area is 163 Å². The zero-order valence-corrected chi connectivity index (χ0v) is 16.1. The molecule has 2 aliphatic carbocycles. The van der Waals surface area contributed by atoms with Gasteiger partial charge in [-0.25, -0.2) is 9.67 Å². The third-order valence-corrected chi connectivity index (χ3v) is 6.03. The van der Waals surface area contributed by atoms with E-state index in [1.807, 2.05) is 17.7 Å². The number of nitrogens with zero attached hydrogens (tertiary/aromatic N) is 4. The van der Waals surface area contributed by atoms with Crippen LogP contribution in [0.1, 0.15) is 63.6 Å². The molecule has 2 saturated carbocycles. The predicted octanol–water partition coefficient (Wildman–Crippen LogP) is 3.79. The minimum Gasteiger partial charge on any atom is -0.488 e. The van der Waals surface area contributed by atoms with Crippen molar-refractivity contribution < 1.29 is 4.74 Å². The minimum absolute atomic E-state index is 0.132. The van der Waals surface area contributed by atoms with Crippen molar-refractivity contribution >= 4 is 11.0 Å². The maximum Gasteiger partial charge on any atom is 0.262 e. The summed E-state index contributed by atoms with van der Waals surface area (Å²) < 4.78 is 8.09. The van der Waals surface area contributed by atoms with Crippen molar-refractivity contribution in [2.24, 2.45) is 0 Å². The van der Waals surface area contributed by atoms with Gasteiger partial charge in [0.05, 0.1) is 29.6 Å². The van der Waals surface area contributed by atoms with Gasteiger partial charge >= 0.3 is 0 Å². The summed E-state index contributed by atoms with van der Waals surface area (Å²) in [5.41, 5.74) is 2.15. The van der Waals surface area contributed by atoms with Gasteiger partial charge in [0.2, 0.25) is 0 Å². The number of ether oxygens (including phenoxy) is 1. The summed E-state index contributed by atoms with van der Waals surface area (Å²) in [5, 5.41) is 5.39. The number of rotatable bonds is 5. The smallest absolute Gasteiger partial charge is 0.262 e. The monoisotopic (exact) mass is 379 g/mol. The molecule has 0 saturated heterocycles. The van der Waals surface area contributed by atoms with E-state index in [1.165, 1.54) is 19.3 Å². The minimum atomic E-state index is -0.132. The Hall–Kier alpha value is -2.70. The molecule has 7 nitrogen and oxygen atoms in total. The van der Waals surface area contributed by atoms with E-state index in [1.54, 1.807) is 12.4 Å². The second-order valence-electron chi connectivity index (χ2n) is 7.84. The average Bonchev–Trinajstić information content (AvgIpc) is 3.32. The summed E-state index contributed by atoms with van der Waals surface area (Å²) in [6.45, 7) is 2.03. The van der Waals surface area contributed by atoms with Crippen molar-refractivity contribution in [1.29, 1.82) is 0 Å². The molecule has 2 aliphatic rings. The van der Waals surface area contributed by atoms with E-state index < -0.39 is 0 Å². The number of hydrogen-bond acceptors (Lipinski definition) is 5. The first-order valence-corrected chi connectivity index (χ1v) is 10.4. The number of pyridine rings is 1. The van der Waals surface area contributed by atoms with Crippen molar-refractivity contribution in [2.45, 2.75) is 70.4 Å². The van der Waals surface area contributed by atoms with Crippen LogP contribution in [0.15, 0.2) is 23.3 Å². The first-order valence-electron chi connectivity index (χ1n) is 10.4. The van der Waals surface area contributed by atoms with E-state index >= 15 is 0 Å². The zero-order chi connectivity index (χ0) is 19.1. The molecule has 3 aromatic heterocycles. The highest BCUT2D eigenvalue weighted by atomic mass is 16.5. The molecule has 7 heteroatoms. The predicted molar refractivity (Wildman–Crippen MR) is 107 cm³/mol. The van der Waals surface area contributed by atoms with E-state index in [4.69, 9.17) is 14.8 Å². The van der Waals surface area contributed by atoms with Crippen LogP contribution in [0.5, 0.6) is 5.75 Å². The number of H-pyrrole nitrogens is 1. The van der Waals surface area contributed by atoms with Gasteiger partial charge in [-0.3, -0.25) is 9.78 Å². The lowest BCUT2D eigenvalue weighted by atomic mass is 9.96. The summed E-state index contributed by atoms with van der Waals surface area (Å²) >= 11 is 0. The first kappa shape index (κ1) is 17.4. The summed E-state index contributed by atoms with van der Waals surface area (Å²) in [7, 11) is 0. The molecule has 0 radical (unpaired) electrons. The SMILES string of the molecule is CCc1nn(C2CCCC2)c2nc(-c3ccncc3OC3CCC3)[nH]c(=O)c12. The Morgan fingerprint density at radius 3 is 2.75 bits per heavy atom. The molecular formula is C21H25N5O2. The Balaban J connectivity index is 1.65. The lowest BCUT2D eigenvalue weighted by Crippen LogP contribution is -2.25. The van der Waals surface area contributed by atoms with Gasteiger partial charge in [0.15, 0.2) is 5.65 Å². The van der Waals surface area contributed by atoms with Gasteiger partial charge in [0.25, 0.3) is 5.56 Å². The number of aryl methyl sites for hydroxylation is 1. The van der Waals surface area contributed by atoms with Crippen LogP contribution in [0, 0.1) is 0 Å². The molecule has 28 heavy (non-hydrogen) atoms. The van der Waals surface area contributed by atoms with E-state index in [0.717, 1.165) is 36.9 Å². The van der Waals surface area contributed by atoms with Gasteiger partial charge in [-0.2, -0.15) is 5.10 Å². The standard InChI is InChI=1S/C21H25N5O2/c1-2-16-18-20(26(25-16)13-6-3-4-7-13)23-19(24-21(18)27)15-10-11-22-12-17(15)28-14-8-5-9-14/h10-14H,2-9H2,1H3,(H,23,24,27). The van der Waals surface area contributed by atoms with Crippen molar-refractivity contribution in [3.63, 3.8) is 0 Å². The van der Waals surface area contributed by atoms with Crippen LogP contribution in [0.4, 0.5) is 0 Å². The zero-order valence-electron chi connectivity index (χ0n) is 16.1. The largest absolute Gasteiger partial charge is 0.488 e. The number of nitrogens with one attached hydrogen (secondary N) is 1. The number of aromatic nitrogens is 5. The Morgan fingerprint density at radius 2 is 2.04 bits per heavy atom. The third kappa shape index (κ3) is 2.89. The molecular weight excluding hydrogens is 354 g/mol. The van der Waals surface area contributed by atoms with E-state index in [2.05, 4.69) is 9.97 Å². The van der Waals surface area contributed by atoms with Crippen LogP contribution in [0.2, 0.25) is 0 Å². The third-order valence-electron chi connectivity index (χ3n) is 6.03. The van der Waals surface area contributed by atoms with E-state index in [0.29, 0.717) is 35.1 Å². The normalized spacial score (nSPS) is 17.9.